The Balaban J connectivity index is 3.26. The van der Waals surface area contributed by atoms with E-state index in [0.29, 0.717) is 23.7 Å². The molecule has 0 saturated carbocycles. The highest BCUT2D eigenvalue weighted by Crippen LogP contribution is 2.25. The van der Waals surface area contributed by atoms with Crippen molar-refractivity contribution >= 4 is 74.7 Å². The van der Waals surface area contributed by atoms with Crippen LogP contribution in [0, 0.1) is 0 Å². The second-order valence-corrected chi connectivity index (χ2v) is 11.2. The number of sulfone groups is 1. The lowest BCUT2D eigenvalue weighted by atomic mass is 10.0. The van der Waals surface area contributed by atoms with Crippen LogP contribution in [0.15, 0.2) is 29.2 Å². The molecule has 1 amide bonds. The molecular weight excluding hydrogens is 560 g/mol. The Kier molecular flexibility index (Phi) is 13.4. The highest BCUT2D eigenvalue weighted by atomic mass is 79.9. The number of ether oxygens (including phenoxy) is 2. The smallest absolute Gasteiger partial charge is 0.306 e. The van der Waals surface area contributed by atoms with Crippen LogP contribution in [0.3, 0.4) is 0 Å². The number of hydrogen-bond acceptors (Lipinski definition) is 7. The highest BCUT2D eigenvalue weighted by Gasteiger charge is 2.31. The predicted octanol–water partition coefficient (Wildman–Crippen LogP) is 2.51. The summed E-state index contributed by atoms with van der Waals surface area (Å²) in [5.41, 5.74) is 0.394. The first-order valence-corrected chi connectivity index (χ1v) is 14.2. The van der Waals surface area contributed by atoms with Gasteiger partial charge in [0.2, 0.25) is 0 Å². The first-order chi connectivity index (χ1) is 15.5. The second kappa shape index (κ2) is 14.9. The van der Waals surface area contributed by atoms with Gasteiger partial charge in [0, 0.05) is 24.4 Å². The molecule has 33 heavy (non-hydrogen) atoms. The molecule has 0 fully saturated rings. The van der Waals surface area contributed by atoms with Crippen molar-refractivity contribution in [3.63, 3.8) is 0 Å². The van der Waals surface area contributed by atoms with Gasteiger partial charge in [-0.3, -0.25) is 14.4 Å². The summed E-state index contributed by atoms with van der Waals surface area (Å²) in [4.78, 5) is 35.3. The van der Waals surface area contributed by atoms with Gasteiger partial charge in [0.25, 0.3) is 5.91 Å². The Morgan fingerprint density at radius 2 is 1.70 bits per heavy atom. The Morgan fingerprint density at radius 1 is 1.09 bits per heavy atom. The van der Waals surface area contributed by atoms with Crippen LogP contribution < -0.4 is 5.32 Å². The van der Waals surface area contributed by atoms with Gasteiger partial charge >= 0.3 is 11.9 Å². The molecule has 0 radical (unpaired) electrons. The minimum absolute atomic E-state index is 0.0729. The number of hydrogen-bond donors (Lipinski definition) is 1. The van der Waals surface area contributed by atoms with Gasteiger partial charge in [-0.25, -0.2) is 8.42 Å². The number of benzene rings is 1. The number of alkyl halides is 3. The summed E-state index contributed by atoms with van der Waals surface area (Å²) in [6.07, 6.45) is 2.25. The molecule has 8 nitrogen and oxygen atoms in total. The molecule has 1 aromatic carbocycles. The topological polar surface area (TPSA) is 116 Å². The molecule has 0 saturated heterocycles. The van der Waals surface area contributed by atoms with Crippen LogP contribution in [0.25, 0.3) is 0 Å². The molecule has 1 rings (SSSR count). The van der Waals surface area contributed by atoms with Gasteiger partial charge in [0.15, 0.2) is 20.8 Å². The van der Waals surface area contributed by atoms with E-state index < -0.39 is 44.7 Å². The molecule has 0 aliphatic carbocycles. The van der Waals surface area contributed by atoms with Crippen molar-refractivity contribution < 1.29 is 32.3 Å². The summed E-state index contributed by atoms with van der Waals surface area (Å²) < 4.78 is 34.5. The zero-order valence-electron chi connectivity index (χ0n) is 18.4. The minimum Gasteiger partial charge on any atom is -0.463 e. The molecule has 1 N–H and O–H groups in total. The van der Waals surface area contributed by atoms with Gasteiger partial charge < -0.3 is 14.8 Å². The minimum atomic E-state index is -3.45. The summed E-state index contributed by atoms with van der Waals surface area (Å²) in [5.74, 6) is -1.78. The molecule has 0 bridgehead atoms. The van der Waals surface area contributed by atoms with E-state index in [1.807, 2.05) is 7.85 Å². The maximum Gasteiger partial charge on any atom is 0.306 e. The van der Waals surface area contributed by atoms with E-state index in [-0.39, 0.29) is 24.3 Å². The zero-order chi connectivity index (χ0) is 25.0. The third-order valence-corrected chi connectivity index (χ3v) is 6.54. The lowest BCUT2D eigenvalue weighted by Crippen LogP contribution is -2.46. The number of rotatable bonds is 14. The Morgan fingerprint density at radius 3 is 2.21 bits per heavy atom. The van der Waals surface area contributed by atoms with Crippen molar-refractivity contribution in [3.05, 3.63) is 29.8 Å². The molecule has 13 heteroatoms. The average Bonchev–Trinajstić information content (AvgIpc) is 2.76. The maximum atomic E-state index is 12.4. The summed E-state index contributed by atoms with van der Waals surface area (Å²) in [6.45, 7) is -0.307. The third-order valence-electron chi connectivity index (χ3n) is 4.46. The normalized spacial score (nSPS) is 13.2. The van der Waals surface area contributed by atoms with Crippen molar-refractivity contribution in [2.24, 2.45) is 0 Å². The van der Waals surface area contributed by atoms with Gasteiger partial charge in [0.1, 0.15) is 20.5 Å². The molecule has 184 valence electrons. The fraction of sp³-hybridized carbons (Fsp3) is 0.550. The van der Waals surface area contributed by atoms with E-state index in [1.54, 1.807) is 0 Å². The average molecular weight is 587 g/mol. The van der Waals surface area contributed by atoms with E-state index >= 15 is 0 Å². The summed E-state index contributed by atoms with van der Waals surface area (Å²) in [6, 6.07) is 4.65. The fourth-order valence-electron chi connectivity index (χ4n) is 2.73. The molecule has 0 aliphatic rings. The van der Waals surface area contributed by atoms with E-state index in [9.17, 15) is 22.8 Å². The zero-order valence-corrected chi connectivity index (χ0v) is 22.3. The Bertz CT molecular complexity index is 900. The SMILES string of the molecule is BCCCC(=O)OC[C@@H](NC(=O)C(Cl)Cl)[C@H](OC(=O)CCCBr)c1ccc(S(C)(=O)=O)cc1. The lowest BCUT2D eigenvalue weighted by molar-refractivity contribution is -0.155. The predicted molar refractivity (Wildman–Crippen MR) is 132 cm³/mol. The van der Waals surface area contributed by atoms with Gasteiger partial charge in [0.05, 0.1) is 4.90 Å². The van der Waals surface area contributed by atoms with Crippen LogP contribution in [-0.4, -0.2) is 63.2 Å². The maximum absolute atomic E-state index is 12.4. The van der Waals surface area contributed by atoms with Gasteiger partial charge in [-0.2, -0.15) is 0 Å². The van der Waals surface area contributed by atoms with Gasteiger partial charge in [-0.05, 0) is 30.5 Å². The second-order valence-electron chi connectivity index (χ2n) is 7.25. The fourth-order valence-corrected chi connectivity index (χ4v) is 3.76. The van der Waals surface area contributed by atoms with Gasteiger partial charge in [-0.15, -0.1) is 0 Å². The first kappa shape index (κ1) is 29.7. The molecular formula is C20H27BBrCl2NO7S. The monoisotopic (exact) mass is 585 g/mol. The third kappa shape index (κ3) is 11.1. The Labute approximate surface area is 213 Å². The van der Waals surface area contributed by atoms with Gasteiger partial charge in [-0.1, -0.05) is 57.6 Å². The molecule has 1 aromatic rings. The molecule has 0 heterocycles. The van der Waals surface area contributed by atoms with E-state index in [0.717, 1.165) is 12.6 Å². The number of nitrogens with one attached hydrogen (secondary N) is 1. The van der Waals surface area contributed by atoms with Crippen molar-refractivity contribution in [3.8, 4) is 0 Å². The van der Waals surface area contributed by atoms with Crippen molar-refractivity contribution in [1.82, 2.24) is 5.32 Å². The van der Waals surface area contributed by atoms with Crippen LogP contribution in [0.4, 0.5) is 0 Å². The number of esters is 2. The molecule has 0 aliphatic heterocycles. The largest absolute Gasteiger partial charge is 0.463 e. The van der Waals surface area contributed by atoms with Crippen molar-refractivity contribution in [1.29, 1.82) is 0 Å². The number of amides is 1. The van der Waals surface area contributed by atoms with Crippen LogP contribution in [0.2, 0.25) is 6.32 Å². The lowest BCUT2D eigenvalue weighted by Gasteiger charge is -2.28. The van der Waals surface area contributed by atoms with E-state index in [4.69, 9.17) is 32.7 Å². The number of carbonyl (C=O) groups is 3. The molecule has 2 atom stereocenters. The standard InChI is InChI=1S/C20H27BBrCl2NO7S/c1-33(29,30)14-8-6-13(7-9-14)18(32-17(27)5-3-11-22)15(25-20(28)19(23)24)12-31-16(26)4-2-10-21/h6-9,15,18-19H,2-5,10-12,21H2,1H3,(H,25,28)/t15-,18-/m1/s1. The first-order valence-electron chi connectivity index (χ1n) is 10.3. The quantitative estimate of drug-likeness (QED) is 0.202. The van der Waals surface area contributed by atoms with Crippen LogP contribution in [0.5, 0.6) is 0 Å². The Hall–Kier alpha value is -1.30. The van der Waals surface area contributed by atoms with Crippen LogP contribution in [0.1, 0.15) is 37.4 Å². The highest BCUT2D eigenvalue weighted by molar-refractivity contribution is 9.09. The molecule has 0 unspecified atom stereocenters. The summed E-state index contributed by atoms with van der Waals surface area (Å²) in [5, 5.41) is 3.14. The van der Waals surface area contributed by atoms with Crippen LogP contribution >= 0.6 is 39.1 Å². The summed E-state index contributed by atoms with van der Waals surface area (Å²) in [7, 11) is -1.52. The van der Waals surface area contributed by atoms with E-state index in [2.05, 4.69) is 21.2 Å². The van der Waals surface area contributed by atoms with Crippen molar-refractivity contribution in [2.75, 3.05) is 18.2 Å². The van der Waals surface area contributed by atoms with Crippen molar-refractivity contribution in [2.45, 2.75) is 53.9 Å². The number of halogens is 3. The number of carbonyl (C=O) groups excluding carboxylic acids is 3. The molecule has 0 aromatic heterocycles. The van der Waals surface area contributed by atoms with Crippen LogP contribution in [-0.2, 0) is 33.7 Å². The van der Waals surface area contributed by atoms with E-state index in [1.165, 1.54) is 24.3 Å². The molecule has 0 spiro atoms. The summed E-state index contributed by atoms with van der Waals surface area (Å²) >= 11 is 14.6.